The number of methoxy groups -OCH3 is 1. The van der Waals surface area contributed by atoms with Gasteiger partial charge in [-0.15, -0.1) is 0 Å². The van der Waals surface area contributed by atoms with Crippen molar-refractivity contribution in [2.45, 2.75) is 39.3 Å². The van der Waals surface area contributed by atoms with Crippen molar-refractivity contribution in [3.8, 4) is 39.6 Å². The number of nitrogens with two attached hydrogens (primary N) is 1. The van der Waals surface area contributed by atoms with Crippen LogP contribution in [0.1, 0.15) is 42.4 Å². The summed E-state index contributed by atoms with van der Waals surface area (Å²) in [7, 11) is 3.31. The summed E-state index contributed by atoms with van der Waals surface area (Å²) in [6.07, 6.45) is 3.33. The molecule has 2 aromatic heterocycles. The first-order valence-corrected chi connectivity index (χ1v) is 13.6. The molecule has 1 aliphatic heterocycles. The number of primary amides is 1. The smallest absolute Gasteiger partial charge is 0.274 e. The highest BCUT2D eigenvalue weighted by atomic mass is 35.5. The Kier molecular flexibility index (Phi) is 7.44. The van der Waals surface area contributed by atoms with Crippen LogP contribution in [0.4, 0.5) is 0 Å². The molecule has 2 aromatic carbocycles. The number of amides is 2. The molecule has 0 radical (unpaired) electrons. The second-order valence-corrected chi connectivity index (χ2v) is 11.7. The number of ether oxygens (including phenoxy) is 2. The van der Waals surface area contributed by atoms with Crippen LogP contribution in [0.2, 0.25) is 10.0 Å². The molecule has 4 aromatic rings. The predicted molar refractivity (Wildman–Crippen MR) is 158 cm³/mol. The zero-order valence-electron chi connectivity index (χ0n) is 23.3. The maximum Gasteiger partial charge on any atom is 0.274 e. The summed E-state index contributed by atoms with van der Waals surface area (Å²) in [6.45, 7) is 5.98. The molecule has 1 aliphatic rings. The van der Waals surface area contributed by atoms with E-state index in [0.29, 0.717) is 55.2 Å². The van der Waals surface area contributed by atoms with Crippen molar-refractivity contribution < 1.29 is 19.1 Å². The van der Waals surface area contributed by atoms with E-state index in [4.69, 9.17) is 43.5 Å². The van der Waals surface area contributed by atoms with Crippen molar-refractivity contribution in [1.82, 2.24) is 19.7 Å². The summed E-state index contributed by atoms with van der Waals surface area (Å²) >= 11 is 12.8. The van der Waals surface area contributed by atoms with Gasteiger partial charge in [0.2, 0.25) is 5.91 Å². The Hall–Kier alpha value is -4.08. The second-order valence-electron chi connectivity index (χ2n) is 10.8. The molecule has 0 aliphatic carbocycles. The van der Waals surface area contributed by atoms with Crippen molar-refractivity contribution in [3.63, 3.8) is 0 Å². The monoisotopic (exact) mass is 593 g/mol. The summed E-state index contributed by atoms with van der Waals surface area (Å²) < 4.78 is 13.6. The van der Waals surface area contributed by atoms with E-state index in [1.54, 1.807) is 60.4 Å². The fourth-order valence-corrected chi connectivity index (χ4v) is 5.20. The zero-order chi connectivity index (χ0) is 29.6. The fourth-order valence-electron chi connectivity index (χ4n) is 4.69. The number of pyridine rings is 1. The third-order valence-electron chi connectivity index (χ3n) is 7.00. The Labute approximate surface area is 247 Å². The molecule has 0 saturated carbocycles. The number of fused-ring (bicyclic) bond motifs is 3. The summed E-state index contributed by atoms with van der Waals surface area (Å²) in [6, 6.07) is 10.6. The molecule has 2 N–H and O–H groups in total. The highest BCUT2D eigenvalue weighted by Gasteiger charge is 2.34. The van der Waals surface area contributed by atoms with Gasteiger partial charge in [-0.1, -0.05) is 23.2 Å². The number of carbonyl (C=O) groups excluding carboxylic acids is 2. The van der Waals surface area contributed by atoms with Crippen LogP contribution in [-0.2, 0) is 17.8 Å². The number of hydrogen-bond acceptors (Lipinski definition) is 6. The molecular weight excluding hydrogens is 565 g/mol. The van der Waals surface area contributed by atoms with Gasteiger partial charge in [-0.2, -0.15) is 5.10 Å². The molecule has 41 heavy (non-hydrogen) atoms. The maximum absolute atomic E-state index is 13.7. The first-order valence-electron chi connectivity index (χ1n) is 12.8. The van der Waals surface area contributed by atoms with Gasteiger partial charge in [0.05, 0.1) is 24.9 Å². The van der Waals surface area contributed by atoms with Gasteiger partial charge in [-0.05, 0) is 56.7 Å². The number of halogens is 2. The van der Waals surface area contributed by atoms with E-state index in [9.17, 15) is 9.59 Å². The van der Waals surface area contributed by atoms with Gasteiger partial charge in [-0.25, -0.2) is 4.68 Å². The minimum Gasteiger partial charge on any atom is -0.496 e. The normalized spacial score (nSPS) is 12.3. The SMILES string of the molecule is COc1cc2c(cc1-c1cncc(CC(N)=O)c1)-c1c(c(C(=O)N(C)C(C)(C)C)nn1-c1cc(Cl)cc(Cl)c1)CO2. The van der Waals surface area contributed by atoms with Crippen LogP contribution in [-0.4, -0.2) is 51.2 Å². The lowest BCUT2D eigenvalue weighted by molar-refractivity contribution is -0.117. The largest absolute Gasteiger partial charge is 0.496 e. The molecule has 0 saturated heterocycles. The molecule has 5 rings (SSSR count). The molecule has 3 heterocycles. The van der Waals surface area contributed by atoms with Gasteiger partial charge >= 0.3 is 0 Å². The third kappa shape index (κ3) is 5.47. The van der Waals surface area contributed by atoms with E-state index in [0.717, 1.165) is 5.56 Å². The first kappa shape index (κ1) is 28.4. The zero-order valence-corrected chi connectivity index (χ0v) is 24.8. The van der Waals surface area contributed by atoms with Crippen molar-refractivity contribution in [1.29, 1.82) is 0 Å². The van der Waals surface area contributed by atoms with Crippen LogP contribution >= 0.6 is 23.2 Å². The summed E-state index contributed by atoms with van der Waals surface area (Å²) in [4.78, 5) is 31.3. The van der Waals surface area contributed by atoms with E-state index >= 15 is 0 Å². The predicted octanol–water partition coefficient (Wildman–Crippen LogP) is 5.71. The van der Waals surface area contributed by atoms with Crippen LogP contribution in [0.15, 0.2) is 48.8 Å². The molecule has 0 fully saturated rings. The van der Waals surface area contributed by atoms with Crippen LogP contribution in [0.25, 0.3) is 28.1 Å². The van der Waals surface area contributed by atoms with Gasteiger partial charge in [0.25, 0.3) is 5.91 Å². The number of benzene rings is 2. The Bertz CT molecular complexity index is 1670. The second kappa shape index (κ2) is 10.7. The lowest BCUT2D eigenvalue weighted by Gasteiger charge is -2.31. The van der Waals surface area contributed by atoms with E-state index in [1.165, 1.54) is 0 Å². The first-order chi connectivity index (χ1) is 19.4. The van der Waals surface area contributed by atoms with Gasteiger partial charge < -0.3 is 20.1 Å². The van der Waals surface area contributed by atoms with Crippen molar-refractivity contribution in [2.75, 3.05) is 14.2 Å². The number of rotatable bonds is 6. The van der Waals surface area contributed by atoms with Crippen LogP contribution in [0.5, 0.6) is 11.5 Å². The molecule has 0 bridgehead atoms. The minimum absolute atomic E-state index is 0.0520. The number of hydrogen-bond donors (Lipinski definition) is 1. The average molecular weight is 594 g/mol. The number of carbonyl (C=O) groups is 2. The molecule has 9 nitrogen and oxygen atoms in total. The Morgan fingerprint density at radius 2 is 1.78 bits per heavy atom. The Morgan fingerprint density at radius 3 is 2.41 bits per heavy atom. The molecule has 11 heteroatoms. The molecule has 0 spiro atoms. The highest BCUT2D eigenvalue weighted by Crippen LogP contribution is 2.46. The van der Waals surface area contributed by atoms with Crippen molar-refractivity contribution >= 4 is 35.0 Å². The average Bonchev–Trinajstić information content (AvgIpc) is 3.30. The standard InChI is InChI=1S/C30H29Cl2N5O4/c1-30(2,3)36(4)29(39)27-23-15-41-25-12-24(40-5)21(17-6-16(7-26(33)38)13-34-14-17)11-22(25)28(23)37(35-27)20-9-18(31)8-19(32)10-20/h6,8-14H,7,15H2,1-5H3,(H2,33,38). The Balaban J connectivity index is 1.77. The molecule has 212 valence electrons. The van der Waals surface area contributed by atoms with E-state index in [2.05, 4.69) is 4.98 Å². The summed E-state index contributed by atoms with van der Waals surface area (Å²) in [5.74, 6) is 0.397. The summed E-state index contributed by atoms with van der Waals surface area (Å²) in [5, 5.41) is 5.66. The fraction of sp³-hybridized carbons (Fsp3) is 0.267. The van der Waals surface area contributed by atoms with Gasteiger partial charge in [0.15, 0.2) is 5.69 Å². The molecular formula is C30H29Cl2N5O4. The molecule has 2 amide bonds. The quantitative estimate of drug-likeness (QED) is 0.306. The number of nitrogens with zero attached hydrogens (tertiary/aromatic N) is 4. The Morgan fingerprint density at radius 1 is 1.07 bits per heavy atom. The third-order valence-corrected chi connectivity index (χ3v) is 7.44. The topological polar surface area (TPSA) is 113 Å². The number of aromatic nitrogens is 3. The van der Waals surface area contributed by atoms with Gasteiger partial charge in [-0.3, -0.25) is 14.6 Å². The van der Waals surface area contributed by atoms with E-state index < -0.39 is 11.4 Å². The minimum atomic E-state index is -0.457. The summed E-state index contributed by atoms with van der Waals surface area (Å²) in [5.41, 5.74) is 9.91. The maximum atomic E-state index is 13.7. The highest BCUT2D eigenvalue weighted by molar-refractivity contribution is 6.34. The van der Waals surface area contributed by atoms with E-state index in [1.807, 2.05) is 32.9 Å². The molecule has 0 unspecified atom stereocenters. The van der Waals surface area contributed by atoms with Gasteiger partial charge in [0, 0.05) is 63.3 Å². The van der Waals surface area contributed by atoms with Crippen LogP contribution in [0, 0.1) is 0 Å². The van der Waals surface area contributed by atoms with Crippen LogP contribution < -0.4 is 15.2 Å². The lowest BCUT2D eigenvalue weighted by atomic mass is 9.95. The van der Waals surface area contributed by atoms with Gasteiger partial charge in [0.1, 0.15) is 18.1 Å². The lowest BCUT2D eigenvalue weighted by Crippen LogP contribution is -2.43. The van der Waals surface area contributed by atoms with Crippen LogP contribution in [0.3, 0.4) is 0 Å². The van der Waals surface area contributed by atoms with Crippen molar-refractivity contribution in [3.05, 3.63) is 75.7 Å². The van der Waals surface area contributed by atoms with Crippen molar-refractivity contribution in [2.24, 2.45) is 5.73 Å². The molecule has 0 atom stereocenters. The van der Waals surface area contributed by atoms with E-state index in [-0.39, 0.29) is 24.6 Å².